The van der Waals surface area contributed by atoms with Crippen molar-refractivity contribution < 1.29 is 19.2 Å². The molecule has 0 aliphatic rings. The van der Waals surface area contributed by atoms with Crippen LogP contribution < -0.4 is 38.5 Å². The van der Waals surface area contributed by atoms with Gasteiger partial charge in [-0.3, -0.25) is 24.2 Å². The molecule has 0 aromatic heterocycles. The molecule has 0 spiro atoms. The van der Waals surface area contributed by atoms with Gasteiger partial charge < -0.3 is 48.3 Å². The van der Waals surface area contributed by atoms with E-state index in [9.17, 15) is 19.2 Å². The van der Waals surface area contributed by atoms with E-state index in [1.165, 1.54) is 0 Å². The van der Waals surface area contributed by atoms with Crippen molar-refractivity contribution in [1.82, 2.24) is 31.1 Å². The van der Waals surface area contributed by atoms with Gasteiger partial charge in [0.1, 0.15) is 6.04 Å². The normalized spacial score (nSPS) is 11.2. The van der Waals surface area contributed by atoms with Gasteiger partial charge in [0.05, 0.1) is 24.6 Å². The van der Waals surface area contributed by atoms with Crippen molar-refractivity contribution in [1.29, 1.82) is 0 Å². The van der Waals surface area contributed by atoms with Crippen LogP contribution in [0.3, 0.4) is 0 Å². The Morgan fingerprint density at radius 3 is 1.85 bits per heavy atom. The summed E-state index contributed by atoms with van der Waals surface area (Å²) in [5.41, 5.74) is 19.9. The molecule has 0 saturated carbocycles. The summed E-state index contributed by atoms with van der Waals surface area (Å²) in [6.45, 7) is 21.3. The quantitative estimate of drug-likeness (QED) is 0.0281. The number of ketones is 1. The highest BCUT2D eigenvalue weighted by molar-refractivity contribution is 7.78. The number of rotatable bonds is 22. The Labute approximate surface area is 321 Å². The summed E-state index contributed by atoms with van der Waals surface area (Å²) in [5, 5.41) is 10.6. The fourth-order valence-corrected chi connectivity index (χ4v) is 3.61. The molecule has 2 unspecified atom stereocenters. The predicted molar refractivity (Wildman–Crippen MR) is 225 cm³/mol. The second-order valence-corrected chi connectivity index (χ2v) is 11.0. The fraction of sp³-hybridized carbons (Fsp3) is 0.622. The number of nitrogens with one attached hydrogen (secondary N) is 4. The van der Waals surface area contributed by atoms with Gasteiger partial charge in [-0.05, 0) is 59.5 Å². The second-order valence-electron chi connectivity index (χ2n) is 10.8. The number of hydrogen-bond donors (Lipinski definition) is 7. The minimum Gasteiger partial charge on any atom is -0.382 e. The summed E-state index contributed by atoms with van der Waals surface area (Å²) in [6, 6.07) is -1.31. The van der Waals surface area contributed by atoms with E-state index in [-0.39, 0.29) is 30.7 Å². The van der Waals surface area contributed by atoms with Crippen LogP contribution in [-0.4, -0.2) is 111 Å². The highest BCUT2D eigenvalue weighted by Gasteiger charge is 2.22. The summed E-state index contributed by atoms with van der Waals surface area (Å²) in [4.78, 5) is 56.1. The Hall–Kier alpha value is -4.08. The lowest BCUT2D eigenvalue weighted by Gasteiger charge is -2.19. The lowest BCUT2D eigenvalue weighted by Crippen LogP contribution is -2.51. The van der Waals surface area contributed by atoms with Crippen LogP contribution in [0.4, 0.5) is 0 Å². The van der Waals surface area contributed by atoms with Crippen molar-refractivity contribution in [2.45, 2.75) is 99.1 Å². The van der Waals surface area contributed by atoms with Gasteiger partial charge in [-0.2, -0.15) is 0 Å². The van der Waals surface area contributed by atoms with Crippen molar-refractivity contribution in [2.24, 2.45) is 22.2 Å². The van der Waals surface area contributed by atoms with E-state index < -0.39 is 23.9 Å². The average molecular weight is 755 g/mol. The van der Waals surface area contributed by atoms with Gasteiger partial charge >= 0.3 is 0 Å². The highest BCUT2D eigenvalue weighted by atomic mass is 32.1. The molecule has 3 amide bonds. The zero-order chi connectivity index (χ0) is 41.5. The standard InChI is InChI=1S/C19H38N8O4.C7H14N2S.C7H10.2C2H6/c1-3-13(28)11-25-18(31)15(7-4-5-9-20)27-16(29)12-26-17(30)14(23-2)8-6-10-24-19(21)22;1-7(5-8(2)3)9(4)6-10;1-4-6-7(3)5-2;2*1-2/h14-15,23H,3-12,20H2,1-2H3,(H,25,31)(H,26,30)(H,27,29)(H4,21,22,24);5-6H,1-4H3;4-6H,1-2H2,3H3;2*1-2H3/b;7-5-;7-6-;;. The van der Waals surface area contributed by atoms with Crippen molar-refractivity contribution in [3.8, 4) is 0 Å². The topological polar surface area (TPSA) is 213 Å². The maximum absolute atomic E-state index is 12.3. The van der Waals surface area contributed by atoms with Gasteiger partial charge in [-0.15, -0.1) is 0 Å². The lowest BCUT2D eigenvalue weighted by molar-refractivity contribution is -0.131. The maximum Gasteiger partial charge on any atom is 0.242 e. The van der Waals surface area contributed by atoms with Crippen molar-refractivity contribution in [3.05, 3.63) is 48.9 Å². The zero-order valence-electron chi connectivity index (χ0n) is 34.1. The first kappa shape index (κ1) is 57.3. The minimum absolute atomic E-state index is 0.00811. The Kier molecular flexibility index (Phi) is 45.5. The SMILES string of the molecule is C/C(=C/N(C)C)N(C)C=S.C=C/C=C(/C)C=C.CC.CC.CCC(=O)CNC(=O)C(CCCCN)NC(=O)CNC(=O)C(CCCN=C(N)N)NC. The van der Waals surface area contributed by atoms with Crippen LogP contribution >= 0.6 is 12.2 Å². The minimum atomic E-state index is -0.805. The number of carbonyl (C=O) groups excluding carboxylic acids is 4. The smallest absolute Gasteiger partial charge is 0.242 e. The van der Waals surface area contributed by atoms with E-state index in [4.69, 9.17) is 29.4 Å². The average Bonchev–Trinajstić information content (AvgIpc) is 3.13. The molecule has 0 heterocycles. The second kappa shape index (κ2) is 41.3. The molecule has 15 heteroatoms. The zero-order valence-corrected chi connectivity index (χ0v) is 35.0. The molecule has 0 radical (unpaired) electrons. The van der Waals surface area contributed by atoms with Crippen LogP contribution in [0.5, 0.6) is 0 Å². The molecule has 0 aromatic carbocycles. The van der Waals surface area contributed by atoms with Crippen molar-refractivity contribution in [2.75, 3.05) is 54.4 Å². The number of allylic oxidation sites excluding steroid dienone is 5. The van der Waals surface area contributed by atoms with E-state index in [0.29, 0.717) is 51.6 Å². The molecular formula is C37H74N10O4S. The van der Waals surface area contributed by atoms with E-state index >= 15 is 0 Å². The molecule has 10 N–H and O–H groups in total. The van der Waals surface area contributed by atoms with Crippen LogP contribution in [-0.2, 0) is 19.2 Å². The molecule has 2 atom stereocenters. The van der Waals surface area contributed by atoms with Crippen LogP contribution in [0.1, 0.15) is 87.0 Å². The number of amides is 3. The van der Waals surface area contributed by atoms with E-state index in [2.05, 4.69) is 39.4 Å². The maximum atomic E-state index is 12.3. The van der Waals surface area contributed by atoms with E-state index in [1.807, 2.05) is 84.8 Å². The molecule has 52 heavy (non-hydrogen) atoms. The Morgan fingerprint density at radius 1 is 0.885 bits per heavy atom. The number of likely N-dealkylation sites (N-methyl/N-ethyl adjacent to an activating group) is 1. The third-order valence-electron chi connectivity index (χ3n) is 6.35. The number of carbonyl (C=O) groups is 4. The summed E-state index contributed by atoms with van der Waals surface area (Å²) < 4.78 is 0. The molecule has 0 aliphatic carbocycles. The van der Waals surface area contributed by atoms with Gasteiger partial charge in [0, 0.05) is 46.0 Å². The summed E-state index contributed by atoms with van der Waals surface area (Å²) in [5.74, 6) is -1.40. The van der Waals surface area contributed by atoms with Gasteiger partial charge in [-0.1, -0.05) is 83.8 Å². The summed E-state index contributed by atoms with van der Waals surface area (Å²) in [6.07, 6.45) is 10.6. The number of Topliss-reactive ketones (excluding diaryl/α,β-unsaturated/α-hetero) is 1. The Bertz CT molecular complexity index is 1070. The first-order valence-electron chi connectivity index (χ1n) is 17.9. The molecular weight excluding hydrogens is 681 g/mol. The molecule has 0 saturated heterocycles. The van der Waals surface area contributed by atoms with Crippen LogP contribution in [0.25, 0.3) is 0 Å². The van der Waals surface area contributed by atoms with Crippen LogP contribution in [0, 0.1) is 0 Å². The van der Waals surface area contributed by atoms with E-state index in [0.717, 1.165) is 11.3 Å². The number of thiocarbonyl (C=S) groups is 1. The van der Waals surface area contributed by atoms with E-state index in [1.54, 1.807) is 31.6 Å². The molecule has 0 aromatic rings. The fourth-order valence-electron chi connectivity index (χ4n) is 3.44. The largest absolute Gasteiger partial charge is 0.382 e. The number of guanidine groups is 1. The lowest BCUT2D eigenvalue weighted by atomic mass is 10.1. The van der Waals surface area contributed by atoms with Gasteiger partial charge in [0.25, 0.3) is 0 Å². The highest BCUT2D eigenvalue weighted by Crippen LogP contribution is 2.02. The molecule has 0 aliphatic heterocycles. The number of nitrogens with two attached hydrogens (primary N) is 3. The molecule has 0 bridgehead atoms. The molecule has 0 fully saturated rings. The molecule has 0 rings (SSSR count). The summed E-state index contributed by atoms with van der Waals surface area (Å²) in [7, 11) is 7.55. The Balaban J connectivity index is -0.000000285. The molecule has 14 nitrogen and oxygen atoms in total. The Morgan fingerprint density at radius 2 is 1.42 bits per heavy atom. The van der Waals surface area contributed by atoms with Crippen LogP contribution in [0.15, 0.2) is 53.8 Å². The monoisotopic (exact) mass is 755 g/mol. The third-order valence-corrected chi connectivity index (χ3v) is 6.66. The number of unbranched alkanes of at least 4 members (excludes halogenated alkanes) is 1. The third kappa shape index (κ3) is 38.7. The van der Waals surface area contributed by atoms with Gasteiger partial charge in [0.15, 0.2) is 11.7 Å². The van der Waals surface area contributed by atoms with Crippen molar-refractivity contribution >= 4 is 47.2 Å². The van der Waals surface area contributed by atoms with Crippen LogP contribution in [0.2, 0.25) is 0 Å². The van der Waals surface area contributed by atoms with Crippen molar-refractivity contribution in [3.63, 3.8) is 0 Å². The first-order chi connectivity index (χ1) is 24.6. The predicted octanol–water partition coefficient (Wildman–Crippen LogP) is 3.11. The first-order valence-corrected chi connectivity index (χ1v) is 18.3. The number of hydrogen-bond acceptors (Lipinski definition) is 9. The molecule has 302 valence electrons. The number of aliphatic imine (C=N–C) groups is 1. The van der Waals surface area contributed by atoms with Gasteiger partial charge in [0.2, 0.25) is 17.7 Å². The summed E-state index contributed by atoms with van der Waals surface area (Å²) >= 11 is 4.75. The van der Waals surface area contributed by atoms with Gasteiger partial charge in [-0.25, -0.2) is 0 Å². The number of nitrogens with zero attached hydrogens (tertiary/aromatic N) is 3.